The Labute approximate surface area is 278 Å². The third-order valence-electron chi connectivity index (χ3n) is 6.56. The van der Waals surface area contributed by atoms with E-state index in [9.17, 15) is 20.4 Å². The van der Waals surface area contributed by atoms with Crippen LogP contribution in [0.1, 0.15) is 35.1 Å². The van der Waals surface area contributed by atoms with Gasteiger partial charge in [0, 0.05) is 11.3 Å². The average molecular weight is 866 g/mol. The third-order valence-corrected chi connectivity index (χ3v) is 10.1. The number of benzene rings is 4. The van der Waals surface area contributed by atoms with Gasteiger partial charge in [-0.25, -0.2) is 0 Å². The summed E-state index contributed by atoms with van der Waals surface area (Å²) in [5.74, 6) is -1.17. The molecule has 0 aliphatic rings. The number of rotatable bonds is 5. The van der Waals surface area contributed by atoms with Gasteiger partial charge in [-0.15, -0.1) is 0 Å². The Morgan fingerprint density at radius 1 is 0.513 bits per heavy atom. The molecule has 4 rings (SSSR count). The molecule has 0 spiro atoms. The van der Waals surface area contributed by atoms with Crippen LogP contribution in [-0.4, -0.2) is 20.4 Å². The minimum atomic E-state index is -1.02. The van der Waals surface area contributed by atoms with E-state index >= 15 is 0 Å². The highest BCUT2D eigenvalue weighted by atomic mass is 79.9. The first-order valence-electron chi connectivity index (χ1n) is 10.9. The molecule has 12 heteroatoms. The molecule has 0 aliphatic carbocycles. The average Bonchev–Trinajstić information content (AvgIpc) is 2.86. The quantitative estimate of drug-likeness (QED) is 0.161. The van der Waals surface area contributed by atoms with Gasteiger partial charge in [-0.1, -0.05) is 53.3 Å². The summed E-state index contributed by atoms with van der Waals surface area (Å²) < 4.78 is 1.71. The second-order valence-electron chi connectivity index (χ2n) is 8.88. The molecule has 0 unspecified atom stereocenters. The van der Waals surface area contributed by atoms with E-state index in [1.165, 1.54) is 0 Å². The van der Waals surface area contributed by atoms with Crippen molar-refractivity contribution in [3.05, 3.63) is 109 Å². The maximum absolute atomic E-state index is 10.5. The van der Waals surface area contributed by atoms with Crippen molar-refractivity contribution in [2.45, 2.75) is 18.3 Å². The van der Waals surface area contributed by atoms with Gasteiger partial charge in [0.15, 0.2) is 11.5 Å². The van der Waals surface area contributed by atoms with E-state index in [-0.39, 0.29) is 43.1 Å². The van der Waals surface area contributed by atoms with Gasteiger partial charge in [-0.3, -0.25) is 0 Å². The van der Waals surface area contributed by atoms with Gasteiger partial charge in [0.25, 0.3) is 0 Å². The number of halogens is 8. The van der Waals surface area contributed by atoms with Crippen molar-refractivity contribution >= 4 is 110 Å². The fourth-order valence-corrected chi connectivity index (χ4v) is 7.97. The SMILES string of the molecule is CC(c1cc(Br)c(O)c(Br)c1)(c1cc(Br)c(O)c(Br)c1)C(c1cc(Cl)c(O)c(Cl)c1)c1cc(Cl)c(O)c(Cl)c1. The molecule has 4 nitrogen and oxygen atoms in total. The monoisotopic (exact) mass is 860 g/mol. The minimum Gasteiger partial charge on any atom is -0.506 e. The number of phenolic OH excluding ortho intramolecular Hbond substituents is 4. The lowest BCUT2D eigenvalue weighted by Gasteiger charge is -2.41. The van der Waals surface area contributed by atoms with Crippen LogP contribution in [0.4, 0.5) is 0 Å². The standard InChI is InChI=1S/C27H16Br4Cl4O4/c1-27(12-6-14(28)23(36)15(29)7-12,13-8-16(30)24(37)17(31)9-13)22(10-2-18(32)25(38)19(33)3-10)11-4-20(34)26(39)21(35)5-11/h2-9,22,36-39H,1H3. The first-order valence-corrected chi connectivity index (χ1v) is 15.6. The largest absolute Gasteiger partial charge is 0.506 e. The van der Waals surface area contributed by atoms with Crippen LogP contribution in [0.5, 0.6) is 23.0 Å². The Morgan fingerprint density at radius 3 is 1.03 bits per heavy atom. The molecule has 4 N–H and O–H groups in total. The molecule has 0 atom stereocenters. The molecule has 0 aliphatic heterocycles. The van der Waals surface area contributed by atoms with Crippen LogP contribution in [0.2, 0.25) is 20.1 Å². The van der Waals surface area contributed by atoms with Crippen molar-refractivity contribution in [3.63, 3.8) is 0 Å². The molecule has 0 amide bonds. The van der Waals surface area contributed by atoms with E-state index in [2.05, 4.69) is 63.7 Å². The predicted octanol–water partition coefficient (Wildman–Crippen LogP) is 11.3. The molecule has 0 bridgehead atoms. The summed E-state index contributed by atoms with van der Waals surface area (Å²) >= 11 is 39.4. The van der Waals surface area contributed by atoms with Gasteiger partial charge in [0.05, 0.1) is 38.0 Å². The zero-order valence-corrected chi connectivity index (χ0v) is 28.9. The van der Waals surface area contributed by atoms with E-state index in [0.717, 1.165) is 0 Å². The first-order chi connectivity index (χ1) is 18.2. The molecule has 204 valence electrons. The molecule has 4 aromatic rings. The van der Waals surface area contributed by atoms with Crippen LogP contribution in [0.15, 0.2) is 66.4 Å². The summed E-state index contributed by atoms with van der Waals surface area (Å²) in [5, 5.41) is 41.8. The van der Waals surface area contributed by atoms with E-state index in [0.29, 0.717) is 40.1 Å². The maximum Gasteiger partial charge on any atom is 0.152 e. The van der Waals surface area contributed by atoms with Crippen molar-refractivity contribution in [2.24, 2.45) is 0 Å². The van der Waals surface area contributed by atoms with Crippen molar-refractivity contribution in [3.8, 4) is 23.0 Å². The van der Waals surface area contributed by atoms with E-state index in [4.69, 9.17) is 46.4 Å². The Balaban J connectivity index is 2.21. The molecule has 0 saturated carbocycles. The fourth-order valence-electron chi connectivity index (χ4n) is 4.59. The summed E-state index contributed by atoms with van der Waals surface area (Å²) in [6.07, 6.45) is 0. The second kappa shape index (κ2) is 11.8. The molecule has 0 heterocycles. The zero-order chi connectivity index (χ0) is 29.0. The van der Waals surface area contributed by atoms with Crippen LogP contribution in [0.3, 0.4) is 0 Å². The van der Waals surface area contributed by atoms with Gasteiger partial charge in [0.2, 0.25) is 0 Å². The van der Waals surface area contributed by atoms with Crippen molar-refractivity contribution in [1.82, 2.24) is 0 Å². The molecule has 0 saturated heterocycles. The number of phenols is 4. The minimum absolute atomic E-state index is 0.0113. The van der Waals surface area contributed by atoms with Crippen molar-refractivity contribution in [2.75, 3.05) is 0 Å². The topological polar surface area (TPSA) is 80.9 Å². The maximum atomic E-state index is 10.5. The van der Waals surface area contributed by atoms with Crippen LogP contribution in [0, 0.1) is 0 Å². The molecular weight excluding hydrogens is 850 g/mol. The normalized spacial score (nSPS) is 11.8. The van der Waals surface area contributed by atoms with Gasteiger partial charge in [-0.05, 0) is 135 Å². The molecule has 0 radical (unpaired) electrons. The van der Waals surface area contributed by atoms with Gasteiger partial charge < -0.3 is 20.4 Å². The Bertz CT molecular complexity index is 1420. The Morgan fingerprint density at radius 2 is 0.769 bits per heavy atom. The summed E-state index contributed by atoms with van der Waals surface area (Å²) in [6.45, 7) is 1.96. The molecule has 39 heavy (non-hydrogen) atoms. The van der Waals surface area contributed by atoms with Crippen LogP contribution in [0.25, 0.3) is 0 Å². The third kappa shape index (κ3) is 5.78. The van der Waals surface area contributed by atoms with Gasteiger partial charge in [0.1, 0.15) is 11.5 Å². The number of hydrogen-bond donors (Lipinski definition) is 4. The molecule has 0 aromatic heterocycles. The van der Waals surface area contributed by atoms with Crippen molar-refractivity contribution in [1.29, 1.82) is 0 Å². The summed E-state index contributed by atoms with van der Waals surface area (Å²) in [5.41, 5.74) is 1.58. The lowest BCUT2D eigenvalue weighted by molar-refractivity contribution is 0.458. The number of hydrogen-bond acceptors (Lipinski definition) is 4. The highest BCUT2D eigenvalue weighted by Gasteiger charge is 2.42. The molecule has 0 fully saturated rings. The number of aromatic hydroxyl groups is 4. The molecule has 4 aromatic carbocycles. The lowest BCUT2D eigenvalue weighted by Crippen LogP contribution is -2.33. The Kier molecular flexibility index (Phi) is 9.41. The van der Waals surface area contributed by atoms with Crippen LogP contribution in [-0.2, 0) is 5.41 Å². The summed E-state index contributed by atoms with van der Waals surface area (Å²) in [6, 6.07) is 13.5. The smallest absolute Gasteiger partial charge is 0.152 e. The van der Waals surface area contributed by atoms with Gasteiger partial charge in [-0.2, -0.15) is 0 Å². The van der Waals surface area contributed by atoms with Crippen molar-refractivity contribution < 1.29 is 20.4 Å². The Hall–Kier alpha value is -0.840. The second-order valence-corrected chi connectivity index (χ2v) is 13.9. The summed E-state index contributed by atoms with van der Waals surface area (Å²) in [4.78, 5) is 0. The predicted molar refractivity (Wildman–Crippen MR) is 172 cm³/mol. The fraction of sp³-hybridized carbons (Fsp3) is 0.111. The highest BCUT2D eigenvalue weighted by Crippen LogP contribution is 2.54. The van der Waals surface area contributed by atoms with Crippen LogP contribution >= 0.6 is 110 Å². The van der Waals surface area contributed by atoms with Gasteiger partial charge >= 0.3 is 0 Å². The first kappa shape index (κ1) is 31.1. The zero-order valence-electron chi connectivity index (χ0n) is 19.5. The van der Waals surface area contributed by atoms with E-state index in [1.807, 2.05) is 6.92 Å². The molecular formula is C27H16Br4Cl4O4. The van der Waals surface area contributed by atoms with Crippen LogP contribution < -0.4 is 0 Å². The van der Waals surface area contributed by atoms with E-state index in [1.54, 1.807) is 48.5 Å². The lowest BCUT2D eigenvalue weighted by atomic mass is 9.62. The van der Waals surface area contributed by atoms with E-state index < -0.39 is 11.3 Å². The highest BCUT2D eigenvalue weighted by molar-refractivity contribution is 9.11. The summed E-state index contributed by atoms with van der Waals surface area (Å²) in [7, 11) is 0.